The minimum atomic E-state index is -3.67. The van der Waals surface area contributed by atoms with Crippen LogP contribution in [-0.2, 0) is 22.3 Å². The number of fused-ring (bicyclic) bond motifs is 3. The van der Waals surface area contributed by atoms with E-state index in [0.29, 0.717) is 44.1 Å². The minimum Gasteiger partial charge on any atom is -0.404 e. The number of nitrogens with one attached hydrogen (secondary N) is 1. The third kappa shape index (κ3) is 4.76. The van der Waals surface area contributed by atoms with Crippen molar-refractivity contribution >= 4 is 59.8 Å². The van der Waals surface area contributed by atoms with E-state index < -0.39 is 10.0 Å². The molecule has 0 aliphatic rings. The molecule has 5 aromatic rings. The highest BCUT2D eigenvalue weighted by Crippen LogP contribution is 2.20. The van der Waals surface area contributed by atoms with Crippen molar-refractivity contribution in [1.29, 1.82) is 0 Å². The van der Waals surface area contributed by atoms with Crippen LogP contribution in [0.15, 0.2) is 76.4 Å². The molecule has 0 aliphatic carbocycles. The standard InChI is InChI=1S/C25H22N6O3S2/c1-27-11-19(10-26)18-9-22-23(28-12-18)5-4-17-3-2-16(8-21(17)24(22)32)15-36(33,34)29-13-20-14-31-6-7-35-25(31)30-20/h2-12,14,29H,13,15,26H2,1H3. The number of rotatable bonds is 7. The highest BCUT2D eigenvalue weighted by Gasteiger charge is 2.14. The maximum absolute atomic E-state index is 13.5. The van der Waals surface area contributed by atoms with Gasteiger partial charge in [0, 0.05) is 65.3 Å². The SMILES string of the molecule is CN=CC(=CN)c1cnc2ccc3ccc(CS(=O)(=O)NCc4cn5ccsc5n4)cc3c(=O)c2c1. The number of aliphatic imine (C=N–C) groups is 1. The maximum Gasteiger partial charge on any atom is 0.216 e. The van der Waals surface area contributed by atoms with Crippen LogP contribution >= 0.6 is 11.3 Å². The molecule has 0 atom stereocenters. The van der Waals surface area contributed by atoms with Gasteiger partial charge < -0.3 is 5.73 Å². The molecule has 3 N–H and O–H groups in total. The Kier molecular flexibility index (Phi) is 6.35. The van der Waals surface area contributed by atoms with E-state index in [9.17, 15) is 13.2 Å². The Morgan fingerprint density at radius 3 is 2.83 bits per heavy atom. The molecule has 0 spiro atoms. The number of benzene rings is 1. The van der Waals surface area contributed by atoms with Gasteiger partial charge in [-0.05, 0) is 29.1 Å². The van der Waals surface area contributed by atoms with Gasteiger partial charge in [-0.15, -0.1) is 11.3 Å². The zero-order chi connectivity index (χ0) is 25.3. The molecule has 5 rings (SSSR count). The summed E-state index contributed by atoms with van der Waals surface area (Å²) in [6.45, 7) is 0.0865. The number of pyridine rings is 1. The number of imidazole rings is 1. The zero-order valence-electron chi connectivity index (χ0n) is 19.2. The highest BCUT2D eigenvalue weighted by molar-refractivity contribution is 7.88. The van der Waals surface area contributed by atoms with E-state index in [1.165, 1.54) is 17.5 Å². The van der Waals surface area contributed by atoms with Crippen molar-refractivity contribution in [3.05, 3.63) is 93.6 Å². The van der Waals surface area contributed by atoms with Crippen molar-refractivity contribution < 1.29 is 8.42 Å². The fraction of sp³-hybridized carbons (Fsp3) is 0.120. The lowest BCUT2D eigenvalue weighted by atomic mass is 10.1. The molecule has 11 heteroatoms. The summed E-state index contributed by atoms with van der Waals surface area (Å²) in [5, 5.41) is 3.42. The molecule has 3 heterocycles. The number of sulfonamides is 1. The lowest BCUT2D eigenvalue weighted by molar-refractivity contribution is 0.580. The minimum absolute atomic E-state index is 0.0865. The molecule has 0 amide bonds. The van der Waals surface area contributed by atoms with Crippen LogP contribution in [0.1, 0.15) is 16.8 Å². The van der Waals surface area contributed by atoms with Crippen LogP contribution in [0.25, 0.3) is 32.2 Å². The maximum atomic E-state index is 13.5. The molecule has 0 bridgehead atoms. The van der Waals surface area contributed by atoms with Crippen molar-refractivity contribution in [2.24, 2.45) is 10.7 Å². The molecule has 36 heavy (non-hydrogen) atoms. The van der Waals surface area contributed by atoms with E-state index in [-0.39, 0.29) is 17.7 Å². The predicted molar refractivity (Wildman–Crippen MR) is 145 cm³/mol. The van der Waals surface area contributed by atoms with Crippen LogP contribution in [0.2, 0.25) is 0 Å². The Bertz CT molecular complexity index is 1810. The normalized spacial score (nSPS) is 12.9. The van der Waals surface area contributed by atoms with Gasteiger partial charge >= 0.3 is 0 Å². The third-order valence-electron chi connectivity index (χ3n) is 5.70. The number of nitrogens with zero attached hydrogens (tertiary/aromatic N) is 4. The Balaban J connectivity index is 1.47. The summed E-state index contributed by atoms with van der Waals surface area (Å²) in [5.74, 6) is -0.266. The molecule has 0 saturated heterocycles. The summed E-state index contributed by atoms with van der Waals surface area (Å²) in [4.78, 5) is 27.1. The molecule has 182 valence electrons. The fourth-order valence-electron chi connectivity index (χ4n) is 3.97. The molecule has 0 radical (unpaired) electrons. The van der Waals surface area contributed by atoms with Crippen molar-refractivity contribution in [1.82, 2.24) is 19.1 Å². The lowest BCUT2D eigenvalue weighted by Crippen LogP contribution is -2.24. The molecule has 0 fully saturated rings. The average molecular weight is 519 g/mol. The third-order valence-corrected chi connectivity index (χ3v) is 7.77. The molecule has 2 aromatic carbocycles. The van der Waals surface area contributed by atoms with E-state index in [2.05, 4.69) is 19.7 Å². The summed E-state index contributed by atoms with van der Waals surface area (Å²) in [7, 11) is -2.04. The number of hydrogen-bond acceptors (Lipinski definition) is 8. The van der Waals surface area contributed by atoms with Crippen LogP contribution in [0.3, 0.4) is 0 Å². The molecule has 0 saturated carbocycles. The second-order valence-electron chi connectivity index (χ2n) is 8.16. The number of hydrogen-bond donors (Lipinski definition) is 2. The smallest absolute Gasteiger partial charge is 0.216 e. The molecule has 3 aromatic heterocycles. The number of thiazole rings is 1. The van der Waals surface area contributed by atoms with Crippen LogP contribution in [-0.4, -0.2) is 36.0 Å². The van der Waals surface area contributed by atoms with E-state index in [4.69, 9.17) is 5.73 Å². The van der Waals surface area contributed by atoms with Crippen molar-refractivity contribution in [2.75, 3.05) is 7.05 Å². The first-order valence-electron chi connectivity index (χ1n) is 11.0. The molecular formula is C25H22N6O3S2. The van der Waals surface area contributed by atoms with Crippen LogP contribution < -0.4 is 15.9 Å². The van der Waals surface area contributed by atoms with Gasteiger partial charge in [-0.2, -0.15) is 0 Å². The zero-order valence-corrected chi connectivity index (χ0v) is 20.9. The van der Waals surface area contributed by atoms with Gasteiger partial charge in [-0.25, -0.2) is 18.1 Å². The van der Waals surface area contributed by atoms with Gasteiger partial charge in [0.05, 0.1) is 23.5 Å². The van der Waals surface area contributed by atoms with E-state index in [1.807, 2.05) is 16.0 Å². The first kappa shape index (κ1) is 23.8. The summed E-state index contributed by atoms with van der Waals surface area (Å²) in [5.41, 5.74) is 8.43. The van der Waals surface area contributed by atoms with Crippen molar-refractivity contribution in [3.63, 3.8) is 0 Å². The average Bonchev–Trinajstić information content (AvgIpc) is 3.43. The topological polar surface area (TPSA) is 132 Å². The summed E-state index contributed by atoms with van der Waals surface area (Å²) in [6.07, 6.45) is 8.30. The van der Waals surface area contributed by atoms with Gasteiger partial charge in [0.25, 0.3) is 0 Å². The van der Waals surface area contributed by atoms with Crippen molar-refractivity contribution in [3.8, 4) is 0 Å². The fourth-order valence-corrected chi connectivity index (χ4v) is 5.77. The Morgan fingerprint density at radius 2 is 2.06 bits per heavy atom. The van der Waals surface area contributed by atoms with Gasteiger partial charge in [-0.3, -0.25) is 19.2 Å². The van der Waals surface area contributed by atoms with Gasteiger partial charge in [0.2, 0.25) is 10.0 Å². The molecule has 0 aliphatic heterocycles. The molecule has 9 nitrogen and oxygen atoms in total. The van der Waals surface area contributed by atoms with E-state index >= 15 is 0 Å². The number of allylic oxidation sites excluding steroid dienone is 1. The monoisotopic (exact) mass is 518 g/mol. The van der Waals surface area contributed by atoms with Crippen LogP contribution in [0.4, 0.5) is 0 Å². The second-order valence-corrected chi connectivity index (χ2v) is 10.8. The summed E-state index contributed by atoms with van der Waals surface area (Å²) >= 11 is 1.48. The largest absolute Gasteiger partial charge is 0.404 e. The summed E-state index contributed by atoms with van der Waals surface area (Å²) in [6, 6.07) is 10.4. The Hall–Kier alpha value is -3.93. The first-order valence-corrected chi connectivity index (χ1v) is 13.5. The number of aromatic nitrogens is 3. The highest BCUT2D eigenvalue weighted by atomic mass is 32.2. The van der Waals surface area contributed by atoms with Gasteiger partial charge in [0.15, 0.2) is 10.4 Å². The molecular weight excluding hydrogens is 496 g/mol. The lowest BCUT2D eigenvalue weighted by Gasteiger charge is -2.06. The van der Waals surface area contributed by atoms with Crippen LogP contribution in [0.5, 0.6) is 0 Å². The first-order chi connectivity index (χ1) is 17.4. The Labute approximate surface area is 210 Å². The molecule has 0 unspecified atom stereocenters. The Morgan fingerprint density at radius 1 is 1.22 bits per heavy atom. The van der Waals surface area contributed by atoms with Gasteiger partial charge in [0.1, 0.15) is 0 Å². The number of nitrogens with two attached hydrogens (primary N) is 1. The van der Waals surface area contributed by atoms with E-state index in [1.54, 1.807) is 62.1 Å². The second kappa shape index (κ2) is 9.61. The quantitative estimate of drug-likeness (QED) is 0.318. The van der Waals surface area contributed by atoms with Crippen LogP contribution in [0, 0.1) is 0 Å². The predicted octanol–water partition coefficient (Wildman–Crippen LogP) is 3.08. The van der Waals surface area contributed by atoms with Crippen molar-refractivity contribution in [2.45, 2.75) is 12.3 Å². The van der Waals surface area contributed by atoms with Gasteiger partial charge in [-0.1, -0.05) is 18.2 Å². The van der Waals surface area contributed by atoms with E-state index in [0.717, 1.165) is 4.96 Å². The summed E-state index contributed by atoms with van der Waals surface area (Å²) < 4.78 is 30.0.